The second-order valence-electron chi connectivity index (χ2n) is 6.28. The lowest BCUT2D eigenvalue weighted by atomic mass is 10.1. The lowest BCUT2D eigenvalue weighted by molar-refractivity contribution is -0.129. The lowest BCUT2D eigenvalue weighted by Gasteiger charge is -2.21. The molecule has 0 fully saturated rings. The molecule has 27 heavy (non-hydrogen) atoms. The summed E-state index contributed by atoms with van der Waals surface area (Å²) in [6, 6.07) is 13.1. The molecule has 1 N–H and O–H groups in total. The van der Waals surface area contributed by atoms with E-state index in [9.17, 15) is 18.8 Å². The third kappa shape index (κ3) is 6.33. The Morgan fingerprint density at radius 1 is 1.00 bits per heavy atom. The first-order valence-electron chi connectivity index (χ1n) is 8.76. The van der Waals surface area contributed by atoms with Gasteiger partial charge in [-0.1, -0.05) is 30.3 Å². The Labute approximate surface area is 158 Å². The number of carbonyl (C=O) groups is 3. The zero-order valence-electron chi connectivity index (χ0n) is 15.5. The van der Waals surface area contributed by atoms with E-state index in [-0.39, 0.29) is 36.4 Å². The minimum absolute atomic E-state index is 0.0815. The number of anilines is 1. The van der Waals surface area contributed by atoms with Crippen molar-refractivity contribution in [2.45, 2.75) is 26.7 Å². The second kappa shape index (κ2) is 9.62. The molecule has 0 unspecified atom stereocenters. The highest BCUT2D eigenvalue weighted by Crippen LogP contribution is 2.12. The van der Waals surface area contributed by atoms with Gasteiger partial charge in [0, 0.05) is 37.7 Å². The van der Waals surface area contributed by atoms with Crippen molar-refractivity contribution in [2.24, 2.45) is 0 Å². The largest absolute Gasteiger partial charge is 0.342 e. The topological polar surface area (TPSA) is 66.5 Å². The van der Waals surface area contributed by atoms with Crippen LogP contribution >= 0.6 is 0 Å². The summed E-state index contributed by atoms with van der Waals surface area (Å²) < 4.78 is 13.7. The maximum atomic E-state index is 13.7. The van der Waals surface area contributed by atoms with Crippen LogP contribution in [0.15, 0.2) is 48.5 Å². The maximum absolute atomic E-state index is 13.7. The van der Waals surface area contributed by atoms with E-state index in [2.05, 4.69) is 5.32 Å². The summed E-state index contributed by atoms with van der Waals surface area (Å²) in [5.74, 6) is -0.809. The molecule has 0 aromatic heterocycles. The van der Waals surface area contributed by atoms with Crippen molar-refractivity contribution in [1.82, 2.24) is 4.90 Å². The number of halogens is 1. The van der Waals surface area contributed by atoms with Gasteiger partial charge in [-0.2, -0.15) is 0 Å². The fraction of sp³-hybridized carbons (Fsp3) is 0.286. The van der Waals surface area contributed by atoms with Gasteiger partial charge in [0.05, 0.1) is 0 Å². The number of nitrogens with zero attached hydrogens (tertiary/aromatic N) is 1. The molecule has 0 atom stereocenters. The molecule has 2 aromatic carbocycles. The van der Waals surface area contributed by atoms with E-state index in [0.717, 1.165) is 0 Å². The Balaban J connectivity index is 1.88. The summed E-state index contributed by atoms with van der Waals surface area (Å²) in [5.41, 5.74) is 1.59. The highest BCUT2D eigenvalue weighted by Gasteiger charge is 2.13. The predicted molar refractivity (Wildman–Crippen MR) is 102 cm³/mol. The zero-order valence-corrected chi connectivity index (χ0v) is 15.5. The summed E-state index contributed by atoms with van der Waals surface area (Å²) in [6.07, 6.45) is 0.496. The highest BCUT2D eigenvalue weighted by atomic mass is 19.1. The molecular formula is C21H23FN2O3. The smallest absolute Gasteiger partial charge is 0.226 e. The first-order chi connectivity index (χ1) is 12.9. The van der Waals surface area contributed by atoms with Crippen molar-refractivity contribution in [3.05, 3.63) is 65.5 Å². The summed E-state index contributed by atoms with van der Waals surface area (Å²) in [5, 5.41) is 2.73. The van der Waals surface area contributed by atoms with Crippen molar-refractivity contribution in [1.29, 1.82) is 0 Å². The summed E-state index contributed by atoms with van der Waals surface area (Å²) in [6.45, 7) is 3.46. The summed E-state index contributed by atoms with van der Waals surface area (Å²) in [7, 11) is 0. The molecule has 0 aliphatic carbocycles. The van der Waals surface area contributed by atoms with Gasteiger partial charge < -0.3 is 10.2 Å². The van der Waals surface area contributed by atoms with Crippen molar-refractivity contribution < 1.29 is 18.8 Å². The molecular weight excluding hydrogens is 347 g/mol. The molecule has 5 nitrogen and oxygen atoms in total. The van der Waals surface area contributed by atoms with Gasteiger partial charge >= 0.3 is 0 Å². The van der Waals surface area contributed by atoms with Gasteiger partial charge in [-0.05, 0) is 37.1 Å². The number of ketones is 1. The molecule has 0 saturated carbocycles. The van der Waals surface area contributed by atoms with Crippen molar-refractivity contribution in [2.75, 3.05) is 18.4 Å². The van der Waals surface area contributed by atoms with Crippen LogP contribution in [-0.4, -0.2) is 35.6 Å². The molecule has 6 heteroatoms. The van der Waals surface area contributed by atoms with Crippen LogP contribution in [0.25, 0.3) is 0 Å². The van der Waals surface area contributed by atoms with E-state index in [4.69, 9.17) is 0 Å². The fourth-order valence-electron chi connectivity index (χ4n) is 2.66. The first-order valence-corrected chi connectivity index (χ1v) is 8.76. The van der Waals surface area contributed by atoms with Gasteiger partial charge in [0.1, 0.15) is 5.82 Å². The van der Waals surface area contributed by atoms with E-state index in [1.54, 1.807) is 42.5 Å². The average Bonchev–Trinajstić information content (AvgIpc) is 2.63. The number of Topliss-reactive ketones (excluding diaryl/α,β-unsaturated/α-hetero) is 1. The molecule has 0 spiro atoms. The molecule has 0 aliphatic heterocycles. The molecule has 0 radical (unpaired) electrons. The van der Waals surface area contributed by atoms with Gasteiger partial charge in [-0.25, -0.2) is 4.39 Å². The quantitative estimate of drug-likeness (QED) is 0.724. The molecule has 0 saturated heterocycles. The summed E-state index contributed by atoms with van der Waals surface area (Å²) >= 11 is 0. The Kier molecular flexibility index (Phi) is 7.23. The average molecular weight is 370 g/mol. The lowest BCUT2D eigenvalue weighted by Crippen LogP contribution is -2.33. The number of carbonyl (C=O) groups excluding carboxylic acids is 3. The van der Waals surface area contributed by atoms with Crippen molar-refractivity contribution in [3.8, 4) is 0 Å². The third-order valence-corrected chi connectivity index (χ3v) is 4.22. The highest BCUT2D eigenvalue weighted by molar-refractivity contribution is 5.97. The van der Waals surface area contributed by atoms with Crippen LogP contribution < -0.4 is 5.32 Å². The van der Waals surface area contributed by atoms with Gasteiger partial charge in [0.2, 0.25) is 11.8 Å². The van der Waals surface area contributed by atoms with Crippen molar-refractivity contribution >= 4 is 23.3 Å². The normalized spacial score (nSPS) is 10.3. The molecule has 2 amide bonds. The Morgan fingerprint density at radius 3 is 2.41 bits per heavy atom. The van der Waals surface area contributed by atoms with E-state index in [1.807, 2.05) is 0 Å². The summed E-state index contributed by atoms with van der Waals surface area (Å²) in [4.78, 5) is 36.9. The number of nitrogens with one attached hydrogen (secondary N) is 1. The van der Waals surface area contributed by atoms with Gasteiger partial charge in [0.25, 0.3) is 0 Å². The SMILES string of the molecule is CC(=O)c1cccc(NC(=O)CCN(CCc2ccccc2F)C(C)=O)c1. The third-order valence-electron chi connectivity index (χ3n) is 4.22. The van der Waals surface area contributed by atoms with Crippen LogP contribution in [0.2, 0.25) is 0 Å². The molecule has 0 heterocycles. The van der Waals surface area contributed by atoms with Crippen LogP contribution in [0.3, 0.4) is 0 Å². The fourth-order valence-corrected chi connectivity index (χ4v) is 2.66. The van der Waals surface area contributed by atoms with Gasteiger partial charge in [-0.3, -0.25) is 14.4 Å². The second-order valence-corrected chi connectivity index (χ2v) is 6.28. The Hall–Kier alpha value is -3.02. The molecule has 0 bridgehead atoms. The van der Waals surface area contributed by atoms with Crippen LogP contribution in [-0.2, 0) is 16.0 Å². The van der Waals surface area contributed by atoms with Crippen LogP contribution in [0.4, 0.5) is 10.1 Å². The van der Waals surface area contributed by atoms with Crippen LogP contribution in [0, 0.1) is 5.82 Å². The minimum atomic E-state index is -0.302. The van der Waals surface area contributed by atoms with Crippen LogP contribution in [0.1, 0.15) is 36.2 Å². The molecule has 2 rings (SSSR count). The number of hydrogen-bond acceptors (Lipinski definition) is 3. The van der Waals surface area contributed by atoms with E-state index in [0.29, 0.717) is 29.8 Å². The van der Waals surface area contributed by atoms with E-state index < -0.39 is 0 Å². The maximum Gasteiger partial charge on any atom is 0.226 e. The Bertz CT molecular complexity index is 836. The number of hydrogen-bond donors (Lipinski definition) is 1. The van der Waals surface area contributed by atoms with Crippen molar-refractivity contribution in [3.63, 3.8) is 0 Å². The van der Waals surface area contributed by atoms with E-state index in [1.165, 1.54) is 24.8 Å². The van der Waals surface area contributed by atoms with Gasteiger partial charge in [0.15, 0.2) is 5.78 Å². The minimum Gasteiger partial charge on any atom is -0.342 e. The predicted octanol–water partition coefficient (Wildman–Crippen LogP) is 3.45. The number of rotatable bonds is 8. The Morgan fingerprint density at radius 2 is 1.74 bits per heavy atom. The molecule has 142 valence electrons. The number of amides is 2. The molecule has 0 aliphatic rings. The monoisotopic (exact) mass is 370 g/mol. The molecule has 2 aromatic rings. The number of benzene rings is 2. The standard InChI is InChI=1S/C21H23FN2O3/c1-15(25)18-7-5-8-19(14-18)23-21(27)11-13-24(16(2)26)12-10-17-6-3-4-9-20(17)22/h3-9,14H,10-13H2,1-2H3,(H,23,27). The van der Waals surface area contributed by atoms with E-state index >= 15 is 0 Å². The zero-order chi connectivity index (χ0) is 19.8. The van der Waals surface area contributed by atoms with Crippen LogP contribution in [0.5, 0.6) is 0 Å². The first kappa shape index (κ1) is 20.3. The van der Waals surface area contributed by atoms with Gasteiger partial charge in [-0.15, -0.1) is 0 Å².